The van der Waals surface area contributed by atoms with Crippen LogP contribution in [-0.4, -0.2) is 64.0 Å². The Balaban J connectivity index is 2.03. The number of nitrogens with zero attached hydrogens (tertiary/aromatic N) is 1. The lowest BCUT2D eigenvalue weighted by Crippen LogP contribution is -2.56. The highest BCUT2D eigenvalue weighted by Crippen LogP contribution is 2.36. The molecule has 1 aliphatic carbocycles. The Bertz CT molecular complexity index is 1380. The number of nitrogens with two attached hydrogens (primary N) is 1. The quantitative estimate of drug-likeness (QED) is 0.303. The van der Waals surface area contributed by atoms with Crippen molar-refractivity contribution in [2.75, 3.05) is 0 Å². The van der Waals surface area contributed by atoms with E-state index in [4.69, 9.17) is 15.2 Å². The molecule has 2 aromatic rings. The molecule has 4 amide bonds. The van der Waals surface area contributed by atoms with Crippen LogP contribution in [0.25, 0.3) is 0 Å². The van der Waals surface area contributed by atoms with Crippen molar-refractivity contribution in [2.45, 2.75) is 110 Å². The van der Waals surface area contributed by atoms with Crippen molar-refractivity contribution < 1.29 is 33.4 Å². The number of esters is 1. The molecular formula is C34H46N4O7. The fourth-order valence-corrected chi connectivity index (χ4v) is 4.85. The molecule has 11 heteroatoms. The van der Waals surface area contributed by atoms with Crippen LogP contribution in [0.2, 0.25) is 0 Å². The molecule has 0 bridgehead atoms. The summed E-state index contributed by atoms with van der Waals surface area (Å²) in [7, 11) is 0. The Morgan fingerprint density at radius 3 is 2.02 bits per heavy atom. The zero-order valence-corrected chi connectivity index (χ0v) is 27.2. The van der Waals surface area contributed by atoms with Crippen LogP contribution >= 0.6 is 0 Å². The summed E-state index contributed by atoms with van der Waals surface area (Å²) in [4.78, 5) is 68.1. The molecule has 3 unspecified atom stereocenters. The van der Waals surface area contributed by atoms with Gasteiger partial charge in [0.25, 0.3) is 0 Å². The lowest BCUT2D eigenvalue weighted by atomic mass is 9.99. The van der Waals surface area contributed by atoms with Crippen molar-refractivity contribution >= 4 is 29.8 Å². The Kier molecular flexibility index (Phi) is 11.4. The van der Waals surface area contributed by atoms with Gasteiger partial charge in [-0.15, -0.1) is 0 Å². The van der Waals surface area contributed by atoms with Crippen LogP contribution in [0.3, 0.4) is 0 Å². The number of hydrogen-bond donors (Lipinski definition) is 3. The molecule has 3 rings (SSSR count). The van der Waals surface area contributed by atoms with Gasteiger partial charge in [-0.1, -0.05) is 60.2 Å². The number of nitrogens with one attached hydrogen (secondary N) is 2. The second kappa shape index (κ2) is 14.6. The zero-order valence-electron chi connectivity index (χ0n) is 27.2. The molecule has 0 spiro atoms. The predicted octanol–water partition coefficient (Wildman–Crippen LogP) is 3.87. The van der Waals surface area contributed by atoms with Crippen molar-refractivity contribution in [1.82, 2.24) is 15.5 Å². The van der Waals surface area contributed by atoms with Gasteiger partial charge in [-0.25, -0.2) is 9.59 Å². The molecule has 1 aliphatic rings. The minimum Gasteiger partial charge on any atom is -0.458 e. The highest BCUT2D eigenvalue weighted by Gasteiger charge is 2.45. The van der Waals surface area contributed by atoms with Gasteiger partial charge in [-0.05, 0) is 72.4 Å². The van der Waals surface area contributed by atoms with Crippen molar-refractivity contribution in [3.05, 3.63) is 71.3 Å². The highest BCUT2D eigenvalue weighted by atomic mass is 16.6. The van der Waals surface area contributed by atoms with Gasteiger partial charge in [0.15, 0.2) is 0 Å². The molecular weight excluding hydrogens is 576 g/mol. The van der Waals surface area contributed by atoms with Gasteiger partial charge >= 0.3 is 12.1 Å². The maximum atomic E-state index is 14.3. The number of primary amides is 1. The van der Waals surface area contributed by atoms with Crippen molar-refractivity contribution in [3.8, 4) is 0 Å². The molecule has 0 aliphatic heterocycles. The van der Waals surface area contributed by atoms with E-state index in [2.05, 4.69) is 10.6 Å². The average molecular weight is 623 g/mol. The molecule has 0 heterocycles. The lowest BCUT2D eigenvalue weighted by molar-refractivity contribution is -0.159. The largest absolute Gasteiger partial charge is 0.458 e. The average Bonchev–Trinajstić information content (AvgIpc) is 3.74. The minimum atomic E-state index is -1.39. The topological polar surface area (TPSA) is 157 Å². The van der Waals surface area contributed by atoms with Crippen LogP contribution < -0.4 is 16.4 Å². The normalized spacial score (nSPS) is 15.2. The van der Waals surface area contributed by atoms with Crippen molar-refractivity contribution in [2.24, 2.45) is 5.73 Å². The lowest BCUT2D eigenvalue weighted by Gasteiger charge is -2.35. The number of rotatable bonds is 12. The smallest absolute Gasteiger partial charge is 0.408 e. The Labute approximate surface area is 265 Å². The number of alkyl carbamates (subject to hydrolysis) is 1. The van der Waals surface area contributed by atoms with Gasteiger partial charge in [-0.3, -0.25) is 14.4 Å². The first-order valence-corrected chi connectivity index (χ1v) is 15.2. The van der Waals surface area contributed by atoms with Gasteiger partial charge < -0.3 is 30.7 Å². The van der Waals surface area contributed by atoms with E-state index in [0.29, 0.717) is 18.4 Å². The number of amides is 4. The van der Waals surface area contributed by atoms with Crippen LogP contribution in [0.15, 0.2) is 54.6 Å². The van der Waals surface area contributed by atoms with E-state index < -0.39 is 65.5 Å². The van der Waals surface area contributed by atoms with Crippen molar-refractivity contribution in [1.29, 1.82) is 0 Å². The summed E-state index contributed by atoms with van der Waals surface area (Å²) in [6.07, 6.45) is -0.0306. The molecule has 0 radical (unpaired) electrons. The molecule has 244 valence electrons. The second-order valence-electron chi connectivity index (χ2n) is 13.4. The van der Waals surface area contributed by atoms with Crippen LogP contribution in [0, 0.1) is 6.92 Å². The van der Waals surface area contributed by atoms with E-state index >= 15 is 0 Å². The monoisotopic (exact) mass is 622 g/mol. The van der Waals surface area contributed by atoms with Gasteiger partial charge in [0.05, 0.1) is 6.42 Å². The van der Waals surface area contributed by atoms with Gasteiger partial charge in [0.2, 0.25) is 17.7 Å². The molecule has 1 saturated carbocycles. The SMILES string of the molecule is Cc1cccc(C(C(=O)NC(Cc2ccccc2)C(=O)OC(C)(C)C)N(C(=O)C(CC(N)=O)NC(=O)OC(C)(C)C)C2CC2)c1. The first kappa shape index (κ1) is 35.1. The summed E-state index contributed by atoms with van der Waals surface area (Å²) in [6, 6.07) is 12.4. The molecule has 0 aromatic heterocycles. The molecule has 1 fully saturated rings. The number of hydrogen-bond acceptors (Lipinski definition) is 7. The van der Waals surface area contributed by atoms with Crippen LogP contribution in [0.1, 0.15) is 83.5 Å². The summed E-state index contributed by atoms with van der Waals surface area (Å²) in [5, 5.41) is 5.35. The summed E-state index contributed by atoms with van der Waals surface area (Å²) in [5.41, 5.74) is 5.97. The fraction of sp³-hybridized carbons (Fsp3) is 0.500. The molecule has 0 saturated heterocycles. The number of aryl methyl sites for hydroxylation is 1. The molecule has 3 atom stereocenters. The van der Waals surface area contributed by atoms with E-state index in [-0.39, 0.29) is 12.5 Å². The third-order valence-corrected chi connectivity index (χ3v) is 6.76. The molecule has 45 heavy (non-hydrogen) atoms. The molecule has 4 N–H and O–H groups in total. The standard InChI is InChI=1S/C34H46N4O7/c1-21-12-11-15-23(18-21)28(29(40)36-26(31(42)44-33(2,3)4)19-22-13-9-8-10-14-22)38(24-16-17-24)30(41)25(20-27(35)39)37-32(43)45-34(5,6)7/h8-15,18,24-26,28H,16-17,19-20H2,1-7H3,(H2,35,39)(H,36,40)(H,37,43). The number of ether oxygens (including phenoxy) is 2. The van der Waals surface area contributed by atoms with Crippen LogP contribution in [0.4, 0.5) is 4.79 Å². The first-order valence-electron chi connectivity index (χ1n) is 15.2. The van der Waals surface area contributed by atoms with E-state index in [0.717, 1.165) is 11.1 Å². The summed E-state index contributed by atoms with van der Waals surface area (Å²) >= 11 is 0. The third kappa shape index (κ3) is 11.2. The Morgan fingerprint density at radius 2 is 1.49 bits per heavy atom. The molecule has 2 aromatic carbocycles. The van der Waals surface area contributed by atoms with Crippen LogP contribution in [0.5, 0.6) is 0 Å². The second-order valence-corrected chi connectivity index (χ2v) is 13.4. The Morgan fingerprint density at radius 1 is 0.867 bits per heavy atom. The zero-order chi connectivity index (χ0) is 33.5. The highest BCUT2D eigenvalue weighted by molar-refractivity contribution is 5.96. The number of carbonyl (C=O) groups excluding carboxylic acids is 5. The first-order chi connectivity index (χ1) is 20.9. The number of carbonyl (C=O) groups is 5. The summed E-state index contributed by atoms with van der Waals surface area (Å²) in [6.45, 7) is 12.1. The van der Waals surface area contributed by atoms with E-state index in [9.17, 15) is 24.0 Å². The minimum absolute atomic E-state index is 0.157. The van der Waals surface area contributed by atoms with Gasteiger partial charge in [-0.2, -0.15) is 0 Å². The maximum Gasteiger partial charge on any atom is 0.408 e. The molecule has 11 nitrogen and oxygen atoms in total. The fourth-order valence-electron chi connectivity index (χ4n) is 4.85. The van der Waals surface area contributed by atoms with Gasteiger partial charge in [0.1, 0.15) is 29.3 Å². The van der Waals surface area contributed by atoms with E-state index in [1.165, 1.54) is 4.90 Å². The number of benzene rings is 2. The predicted molar refractivity (Wildman–Crippen MR) is 169 cm³/mol. The summed E-state index contributed by atoms with van der Waals surface area (Å²) in [5.74, 6) is -2.71. The Hall–Kier alpha value is -4.41. The van der Waals surface area contributed by atoms with E-state index in [1.54, 1.807) is 59.7 Å². The third-order valence-electron chi connectivity index (χ3n) is 6.76. The van der Waals surface area contributed by atoms with E-state index in [1.807, 2.05) is 43.3 Å². The maximum absolute atomic E-state index is 14.3. The summed E-state index contributed by atoms with van der Waals surface area (Å²) < 4.78 is 11.0. The van der Waals surface area contributed by atoms with Gasteiger partial charge in [0, 0.05) is 12.5 Å². The van der Waals surface area contributed by atoms with Crippen LogP contribution in [-0.2, 0) is 35.1 Å². The van der Waals surface area contributed by atoms with Crippen molar-refractivity contribution in [3.63, 3.8) is 0 Å².